The number of rotatable bonds is 5. The average Bonchev–Trinajstić information content (AvgIpc) is 2.99. The molecule has 1 aliphatic carbocycles. The van der Waals surface area contributed by atoms with Crippen LogP contribution in [0.15, 0.2) is 24.3 Å². The van der Waals surface area contributed by atoms with Crippen molar-refractivity contribution in [2.45, 2.75) is 76.0 Å². The standard InChI is InChI=1S/C24H32FNO5S/c1-14-4-9-19-15(2)21(32-13-11-20(27)26-17-7-5-16(25)6-8-17)28-22-24(19)18(14)10-12-23(3,29-22)30-31-24/h5-8,14-15,18-19,21-22H,4,9-13H2,1-3H3,(H,26,27)/t14-,15-,18+,19+,21+,22-,23-,24-/m1/s1. The Kier molecular flexibility index (Phi) is 6.03. The summed E-state index contributed by atoms with van der Waals surface area (Å²) in [5.41, 5.74) is -0.0273. The number of fused-ring (bicyclic) bond motifs is 2. The summed E-state index contributed by atoms with van der Waals surface area (Å²) in [6.07, 6.45) is 3.94. The summed E-state index contributed by atoms with van der Waals surface area (Å²) in [6, 6.07) is 5.80. The number of hydrogen-bond acceptors (Lipinski definition) is 6. The molecule has 5 aliphatic rings. The molecule has 2 bridgehead atoms. The van der Waals surface area contributed by atoms with Crippen molar-refractivity contribution < 1.29 is 28.4 Å². The van der Waals surface area contributed by atoms with Gasteiger partial charge in [-0.2, -0.15) is 0 Å². The molecule has 176 valence electrons. The zero-order valence-electron chi connectivity index (χ0n) is 18.8. The van der Waals surface area contributed by atoms with Crippen LogP contribution in [0.1, 0.15) is 52.9 Å². The molecule has 4 aliphatic heterocycles. The van der Waals surface area contributed by atoms with Crippen LogP contribution in [0.4, 0.5) is 10.1 Å². The summed E-state index contributed by atoms with van der Waals surface area (Å²) >= 11 is 1.66. The Bertz CT molecular complexity index is 855. The smallest absolute Gasteiger partial charge is 0.225 e. The van der Waals surface area contributed by atoms with E-state index in [4.69, 9.17) is 19.2 Å². The Morgan fingerprint density at radius 1 is 1.16 bits per heavy atom. The van der Waals surface area contributed by atoms with Crippen molar-refractivity contribution in [2.24, 2.45) is 23.7 Å². The van der Waals surface area contributed by atoms with Crippen molar-refractivity contribution in [3.8, 4) is 0 Å². The zero-order chi connectivity index (χ0) is 22.5. The maximum atomic E-state index is 13.0. The number of hydrogen-bond donors (Lipinski definition) is 1. The van der Waals surface area contributed by atoms with Crippen LogP contribution in [0, 0.1) is 29.5 Å². The highest BCUT2D eigenvalue weighted by Crippen LogP contribution is 2.61. The fourth-order valence-corrected chi connectivity index (χ4v) is 7.30. The third-order valence-corrected chi connectivity index (χ3v) is 9.15. The van der Waals surface area contributed by atoms with E-state index < -0.39 is 17.7 Å². The van der Waals surface area contributed by atoms with Crippen LogP contribution in [0.5, 0.6) is 0 Å². The van der Waals surface area contributed by atoms with E-state index in [-0.39, 0.29) is 29.0 Å². The first-order valence-corrected chi connectivity index (χ1v) is 12.7. The van der Waals surface area contributed by atoms with E-state index in [2.05, 4.69) is 19.2 Å². The number of nitrogens with one attached hydrogen (secondary N) is 1. The minimum Gasteiger partial charge on any atom is -0.335 e. The molecule has 6 nitrogen and oxygen atoms in total. The van der Waals surface area contributed by atoms with Crippen molar-refractivity contribution in [3.05, 3.63) is 30.1 Å². The van der Waals surface area contributed by atoms with Gasteiger partial charge in [0.05, 0.1) is 0 Å². The van der Waals surface area contributed by atoms with E-state index >= 15 is 0 Å². The SMILES string of the molecule is C[C@H]1[C@H](SCCC(=O)Nc2ccc(F)cc2)O[C@@H]2O[C@@]3(C)CC[C@H]4[C@H](C)CC[C@@H]1[C@@]24OO3. The van der Waals surface area contributed by atoms with Gasteiger partial charge in [-0.05, 0) is 68.2 Å². The highest BCUT2D eigenvalue weighted by Gasteiger charge is 2.69. The van der Waals surface area contributed by atoms with Gasteiger partial charge in [0.1, 0.15) is 11.3 Å². The number of carbonyl (C=O) groups is 1. The molecule has 5 fully saturated rings. The number of halogens is 1. The van der Waals surface area contributed by atoms with Crippen LogP contribution in [0.3, 0.4) is 0 Å². The average molecular weight is 466 g/mol. The lowest BCUT2D eigenvalue weighted by molar-refractivity contribution is -0.568. The van der Waals surface area contributed by atoms with Gasteiger partial charge < -0.3 is 14.8 Å². The summed E-state index contributed by atoms with van der Waals surface area (Å²) in [5, 5.41) is 2.82. The molecule has 6 rings (SSSR count). The van der Waals surface area contributed by atoms with Crippen molar-refractivity contribution in [1.29, 1.82) is 0 Å². The number of thioether (sulfide) groups is 1. The molecule has 1 N–H and O–H groups in total. The Morgan fingerprint density at radius 3 is 2.72 bits per heavy atom. The monoisotopic (exact) mass is 465 g/mol. The van der Waals surface area contributed by atoms with Crippen molar-refractivity contribution in [2.75, 3.05) is 11.1 Å². The van der Waals surface area contributed by atoms with Gasteiger partial charge in [-0.25, -0.2) is 14.2 Å². The molecule has 8 atom stereocenters. The zero-order valence-corrected chi connectivity index (χ0v) is 19.7. The third-order valence-electron chi connectivity index (χ3n) is 7.84. The van der Waals surface area contributed by atoms with Gasteiger partial charge >= 0.3 is 0 Å². The molecule has 1 aromatic rings. The summed E-state index contributed by atoms with van der Waals surface area (Å²) in [4.78, 5) is 24.4. The molecular weight excluding hydrogens is 433 g/mol. The maximum absolute atomic E-state index is 13.0. The molecule has 1 aromatic carbocycles. The molecule has 1 amide bonds. The molecule has 4 heterocycles. The minimum absolute atomic E-state index is 0.0742. The van der Waals surface area contributed by atoms with Crippen LogP contribution < -0.4 is 5.32 Å². The summed E-state index contributed by atoms with van der Waals surface area (Å²) in [5.74, 6) is 0.866. The Balaban J connectivity index is 1.24. The number of ether oxygens (including phenoxy) is 2. The fourth-order valence-electron chi connectivity index (χ4n) is 6.09. The van der Waals surface area contributed by atoms with Crippen molar-refractivity contribution in [1.82, 2.24) is 0 Å². The van der Waals surface area contributed by atoms with Gasteiger partial charge in [0, 0.05) is 30.2 Å². The number of amides is 1. The van der Waals surface area contributed by atoms with E-state index in [0.717, 1.165) is 19.3 Å². The van der Waals surface area contributed by atoms with Gasteiger partial charge in [0.15, 0.2) is 11.9 Å². The Morgan fingerprint density at radius 2 is 1.94 bits per heavy atom. The van der Waals surface area contributed by atoms with Crippen LogP contribution >= 0.6 is 11.8 Å². The van der Waals surface area contributed by atoms with Crippen LogP contribution in [-0.2, 0) is 24.0 Å². The lowest BCUT2D eigenvalue weighted by Crippen LogP contribution is -2.70. The first kappa shape index (κ1) is 22.6. The van der Waals surface area contributed by atoms with Crippen molar-refractivity contribution in [3.63, 3.8) is 0 Å². The summed E-state index contributed by atoms with van der Waals surface area (Å²) < 4.78 is 26.0. The van der Waals surface area contributed by atoms with Gasteiger partial charge in [-0.15, -0.1) is 11.8 Å². The van der Waals surface area contributed by atoms with Crippen LogP contribution in [0.25, 0.3) is 0 Å². The second kappa shape index (κ2) is 8.55. The van der Waals surface area contributed by atoms with Gasteiger partial charge in [-0.1, -0.05) is 13.8 Å². The van der Waals surface area contributed by atoms with Gasteiger partial charge in [-0.3, -0.25) is 4.79 Å². The maximum Gasteiger partial charge on any atom is 0.225 e. The molecule has 0 radical (unpaired) electrons. The quantitative estimate of drug-likeness (QED) is 0.611. The Hall–Kier alpha value is -1.19. The molecule has 8 heteroatoms. The summed E-state index contributed by atoms with van der Waals surface area (Å²) in [7, 11) is 0. The van der Waals surface area contributed by atoms with Crippen LogP contribution in [-0.4, -0.2) is 34.8 Å². The van der Waals surface area contributed by atoms with E-state index in [0.29, 0.717) is 29.7 Å². The fraction of sp³-hybridized carbons (Fsp3) is 0.708. The van der Waals surface area contributed by atoms with Crippen LogP contribution in [0.2, 0.25) is 0 Å². The number of carbonyl (C=O) groups excluding carboxylic acids is 1. The predicted molar refractivity (Wildman–Crippen MR) is 119 cm³/mol. The number of benzene rings is 1. The lowest BCUT2D eigenvalue weighted by atomic mass is 9.58. The molecule has 4 saturated heterocycles. The second-order valence-corrected chi connectivity index (χ2v) is 11.2. The third kappa shape index (κ3) is 3.88. The van der Waals surface area contributed by atoms with E-state index in [1.165, 1.54) is 18.6 Å². The largest absolute Gasteiger partial charge is 0.335 e. The van der Waals surface area contributed by atoms with E-state index in [9.17, 15) is 9.18 Å². The predicted octanol–water partition coefficient (Wildman–Crippen LogP) is 5.10. The molecule has 0 unspecified atom stereocenters. The normalized spacial score (nSPS) is 42.8. The second-order valence-electron chi connectivity index (χ2n) is 9.95. The number of anilines is 1. The highest BCUT2D eigenvalue weighted by atomic mass is 32.2. The topological polar surface area (TPSA) is 66.0 Å². The first-order valence-electron chi connectivity index (χ1n) is 11.7. The first-order chi connectivity index (χ1) is 15.3. The molecular formula is C24H32FNO5S. The molecule has 32 heavy (non-hydrogen) atoms. The minimum atomic E-state index is -0.775. The lowest BCUT2D eigenvalue weighted by Gasteiger charge is -2.60. The van der Waals surface area contributed by atoms with E-state index in [1.54, 1.807) is 23.9 Å². The molecule has 1 saturated carbocycles. The van der Waals surface area contributed by atoms with E-state index in [1.807, 2.05) is 6.92 Å². The summed E-state index contributed by atoms with van der Waals surface area (Å²) in [6.45, 7) is 6.46. The van der Waals surface area contributed by atoms with Gasteiger partial charge in [0.25, 0.3) is 0 Å². The van der Waals surface area contributed by atoms with Crippen molar-refractivity contribution >= 4 is 23.4 Å². The highest BCUT2D eigenvalue weighted by molar-refractivity contribution is 7.99. The van der Waals surface area contributed by atoms with Gasteiger partial charge in [0.2, 0.25) is 11.7 Å². The Labute approximate surface area is 192 Å². The molecule has 0 aromatic heterocycles. The molecule has 1 spiro atoms.